The van der Waals surface area contributed by atoms with Crippen LogP contribution in [0.2, 0.25) is 0 Å². The standard InChI is InChI=1S/C18H20O4/c1-3-8-14-15(19)11-7-12-16(14)22-17(18(20)21-2)13-9-5-4-6-10-13/h4-7,9-12,17,19H,3,8H2,1-2H3. The molecule has 1 unspecified atom stereocenters. The number of rotatable bonds is 6. The molecule has 0 spiro atoms. The van der Waals surface area contributed by atoms with Crippen LogP contribution in [0.25, 0.3) is 0 Å². The van der Waals surface area contributed by atoms with Crippen LogP contribution in [0, 0.1) is 0 Å². The molecular formula is C18H20O4. The summed E-state index contributed by atoms with van der Waals surface area (Å²) in [6.45, 7) is 2.02. The summed E-state index contributed by atoms with van der Waals surface area (Å²) < 4.78 is 10.7. The lowest BCUT2D eigenvalue weighted by atomic mass is 10.1. The molecule has 22 heavy (non-hydrogen) atoms. The van der Waals surface area contributed by atoms with Crippen LogP contribution in [0.4, 0.5) is 0 Å². The fraction of sp³-hybridized carbons (Fsp3) is 0.278. The third-order valence-electron chi connectivity index (χ3n) is 3.37. The molecule has 0 saturated carbocycles. The van der Waals surface area contributed by atoms with Crippen molar-refractivity contribution >= 4 is 5.97 Å². The van der Waals surface area contributed by atoms with Crippen LogP contribution in [0.5, 0.6) is 11.5 Å². The molecule has 4 nitrogen and oxygen atoms in total. The van der Waals surface area contributed by atoms with Crippen molar-refractivity contribution in [3.8, 4) is 11.5 Å². The average Bonchev–Trinajstić information content (AvgIpc) is 2.55. The molecule has 2 rings (SSSR count). The molecule has 2 aromatic carbocycles. The summed E-state index contributed by atoms with van der Waals surface area (Å²) in [7, 11) is 1.33. The third-order valence-corrected chi connectivity index (χ3v) is 3.37. The second kappa shape index (κ2) is 7.50. The molecule has 0 aliphatic carbocycles. The second-order valence-corrected chi connectivity index (χ2v) is 4.94. The molecule has 0 aliphatic heterocycles. The van der Waals surface area contributed by atoms with Gasteiger partial charge in [-0.1, -0.05) is 49.7 Å². The second-order valence-electron chi connectivity index (χ2n) is 4.94. The fourth-order valence-electron chi connectivity index (χ4n) is 2.28. The molecule has 0 aromatic heterocycles. The molecule has 0 radical (unpaired) electrons. The summed E-state index contributed by atoms with van der Waals surface area (Å²) in [4.78, 5) is 12.1. The van der Waals surface area contributed by atoms with E-state index in [1.165, 1.54) is 7.11 Å². The van der Waals surface area contributed by atoms with E-state index in [9.17, 15) is 9.90 Å². The maximum atomic E-state index is 12.1. The monoisotopic (exact) mass is 300 g/mol. The van der Waals surface area contributed by atoms with Crippen molar-refractivity contribution in [2.24, 2.45) is 0 Å². The largest absolute Gasteiger partial charge is 0.508 e. The highest BCUT2D eigenvalue weighted by Crippen LogP contribution is 2.32. The maximum absolute atomic E-state index is 12.1. The maximum Gasteiger partial charge on any atom is 0.351 e. The lowest BCUT2D eigenvalue weighted by molar-refractivity contribution is -0.149. The number of benzene rings is 2. The summed E-state index contributed by atoms with van der Waals surface area (Å²) in [6, 6.07) is 14.2. The predicted molar refractivity (Wildman–Crippen MR) is 83.9 cm³/mol. The van der Waals surface area contributed by atoms with Crippen molar-refractivity contribution in [3.05, 3.63) is 59.7 Å². The van der Waals surface area contributed by atoms with E-state index in [1.807, 2.05) is 37.3 Å². The Labute approximate surface area is 130 Å². The highest BCUT2D eigenvalue weighted by molar-refractivity contribution is 5.77. The lowest BCUT2D eigenvalue weighted by Crippen LogP contribution is -2.20. The van der Waals surface area contributed by atoms with Gasteiger partial charge in [-0.25, -0.2) is 4.79 Å². The van der Waals surface area contributed by atoms with Crippen molar-refractivity contribution in [1.82, 2.24) is 0 Å². The van der Waals surface area contributed by atoms with Gasteiger partial charge in [0, 0.05) is 11.1 Å². The SMILES string of the molecule is CCCc1c(O)cccc1OC(C(=O)OC)c1ccccc1. The van der Waals surface area contributed by atoms with E-state index in [0.717, 1.165) is 6.42 Å². The number of methoxy groups -OCH3 is 1. The Morgan fingerprint density at radius 2 is 1.86 bits per heavy atom. The number of hydrogen-bond donors (Lipinski definition) is 1. The van der Waals surface area contributed by atoms with E-state index in [2.05, 4.69) is 0 Å². The number of phenolic OH excluding ortho intramolecular Hbond substituents is 1. The highest BCUT2D eigenvalue weighted by Gasteiger charge is 2.24. The van der Waals surface area contributed by atoms with Gasteiger partial charge in [-0.3, -0.25) is 0 Å². The van der Waals surface area contributed by atoms with Gasteiger partial charge in [0.05, 0.1) is 7.11 Å². The summed E-state index contributed by atoms with van der Waals surface area (Å²) >= 11 is 0. The van der Waals surface area contributed by atoms with E-state index < -0.39 is 12.1 Å². The summed E-state index contributed by atoms with van der Waals surface area (Å²) in [5.41, 5.74) is 1.41. The molecule has 0 amide bonds. The summed E-state index contributed by atoms with van der Waals surface area (Å²) in [5, 5.41) is 10.0. The molecule has 0 aliphatic rings. The zero-order valence-electron chi connectivity index (χ0n) is 12.8. The van der Waals surface area contributed by atoms with Gasteiger partial charge in [0.25, 0.3) is 0 Å². The first kappa shape index (κ1) is 15.9. The van der Waals surface area contributed by atoms with E-state index in [-0.39, 0.29) is 5.75 Å². The van der Waals surface area contributed by atoms with Gasteiger partial charge in [-0.2, -0.15) is 0 Å². The molecular weight excluding hydrogens is 280 g/mol. The smallest absolute Gasteiger partial charge is 0.351 e. The Balaban J connectivity index is 2.36. The molecule has 0 bridgehead atoms. The van der Waals surface area contributed by atoms with Gasteiger partial charge in [0.15, 0.2) is 0 Å². The molecule has 4 heteroatoms. The molecule has 0 saturated heterocycles. The Kier molecular flexibility index (Phi) is 5.42. The minimum atomic E-state index is -0.858. The van der Waals surface area contributed by atoms with Crippen LogP contribution in [0.3, 0.4) is 0 Å². The molecule has 1 atom stereocenters. The van der Waals surface area contributed by atoms with E-state index in [4.69, 9.17) is 9.47 Å². The Bertz CT molecular complexity index is 622. The molecule has 0 heterocycles. The Morgan fingerprint density at radius 1 is 1.14 bits per heavy atom. The van der Waals surface area contributed by atoms with Gasteiger partial charge < -0.3 is 14.6 Å². The van der Waals surface area contributed by atoms with Gasteiger partial charge >= 0.3 is 5.97 Å². The molecule has 2 aromatic rings. The van der Waals surface area contributed by atoms with Crippen molar-refractivity contribution in [1.29, 1.82) is 0 Å². The van der Waals surface area contributed by atoms with Crippen molar-refractivity contribution < 1.29 is 19.4 Å². The first-order valence-electron chi connectivity index (χ1n) is 7.27. The number of carbonyl (C=O) groups excluding carboxylic acids is 1. The van der Waals surface area contributed by atoms with Gasteiger partial charge in [0.1, 0.15) is 11.5 Å². The van der Waals surface area contributed by atoms with Crippen molar-refractivity contribution in [2.75, 3.05) is 7.11 Å². The van der Waals surface area contributed by atoms with Crippen LogP contribution in [0.15, 0.2) is 48.5 Å². The first-order valence-corrected chi connectivity index (χ1v) is 7.27. The summed E-state index contributed by atoms with van der Waals surface area (Å²) in [6.07, 6.45) is 0.677. The molecule has 116 valence electrons. The topological polar surface area (TPSA) is 55.8 Å². The third kappa shape index (κ3) is 3.58. The van der Waals surface area contributed by atoms with Crippen LogP contribution < -0.4 is 4.74 Å². The Morgan fingerprint density at radius 3 is 2.50 bits per heavy atom. The van der Waals surface area contributed by atoms with Gasteiger partial charge in [-0.05, 0) is 18.6 Å². The summed E-state index contributed by atoms with van der Waals surface area (Å²) in [5.74, 6) is 0.203. The number of esters is 1. The average molecular weight is 300 g/mol. The van der Waals surface area contributed by atoms with Gasteiger partial charge in [-0.15, -0.1) is 0 Å². The van der Waals surface area contributed by atoms with Crippen LogP contribution in [-0.4, -0.2) is 18.2 Å². The lowest BCUT2D eigenvalue weighted by Gasteiger charge is -2.20. The highest BCUT2D eigenvalue weighted by atomic mass is 16.6. The minimum absolute atomic E-state index is 0.177. The van der Waals surface area contributed by atoms with E-state index in [0.29, 0.717) is 23.3 Å². The van der Waals surface area contributed by atoms with Gasteiger partial charge in [0.2, 0.25) is 6.10 Å². The van der Waals surface area contributed by atoms with Crippen LogP contribution >= 0.6 is 0 Å². The van der Waals surface area contributed by atoms with Crippen molar-refractivity contribution in [3.63, 3.8) is 0 Å². The number of hydrogen-bond acceptors (Lipinski definition) is 4. The molecule has 1 N–H and O–H groups in total. The number of ether oxygens (including phenoxy) is 2. The Hall–Kier alpha value is -2.49. The zero-order valence-corrected chi connectivity index (χ0v) is 12.8. The first-order chi connectivity index (χ1) is 10.7. The van der Waals surface area contributed by atoms with E-state index >= 15 is 0 Å². The quantitative estimate of drug-likeness (QED) is 0.828. The molecule has 0 fully saturated rings. The van der Waals surface area contributed by atoms with E-state index in [1.54, 1.807) is 18.2 Å². The normalized spacial score (nSPS) is 11.7. The number of aromatic hydroxyl groups is 1. The zero-order chi connectivity index (χ0) is 15.9. The fourth-order valence-corrected chi connectivity index (χ4v) is 2.28. The predicted octanol–water partition coefficient (Wildman–Crippen LogP) is 3.64. The number of carbonyl (C=O) groups is 1. The number of phenols is 1. The minimum Gasteiger partial charge on any atom is -0.508 e. The van der Waals surface area contributed by atoms with Crippen LogP contribution in [0.1, 0.15) is 30.6 Å². The van der Waals surface area contributed by atoms with Crippen molar-refractivity contribution in [2.45, 2.75) is 25.9 Å². The van der Waals surface area contributed by atoms with Crippen LogP contribution in [-0.2, 0) is 16.0 Å².